The highest BCUT2D eigenvalue weighted by Crippen LogP contribution is 2.11. The Morgan fingerprint density at radius 1 is 0.920 bits per heavy atom. The number of amides is 1. The Morgan fingerprint density at radius 2 is 1.36 bits per heavy atom. The van der Waals surface area contributed by atoms with Crippen LogP contribution in [-0.2, 0) is 22.7 Å². The van der Waals surface area contributed by atoms with Gasteiger partial charge in [-0.05, 0) is 18.1 Å². The number of hydrogen-bond acceptors (Lipinski definition) is 3. The maximum Gasteiger partial charge on any atom is 0.326 e. The van der Waals surface area contributed by atoms with E-state index in [0.29, 0.717) is 13.1 Å². The molecule has 2 aromatic rings. The monoisotopic (exact) mass is 340 g/mol. The lowest BCUT2D eigenvalue weighted by atomic mass is 10.1. The van der Waals surface area contributed by atoms with E-state index >= 15 is 0 Å². The van der Waals surface area contributed by atoms with Crippen molar-refractivity contribution >= 4 is 11.9 Å². The molecule has 132 valence electrons. The molecule has 0 aromatic heterocycles. The largest absolute Gasteiger partial charge is 0.480 e. The summed E-state index contributed by atoms with van der Waals surface area (Å²) in [5.41, 5.74) is 2.22. The fourth-order valence-corrected chi connectivity index (χ4v) is 2.54. The van der Waals surface area contributed by atoms with E-state index in [2.05, 4.69) is 0 Å². The lowest BCUT2D eigenvalue weighted by Crippen LogP contribution is -2.45. The van der Waals surface area contributed by atoms with E-state index in [-0.39, 0.29) is 12.5 Å². The van der Waals surface area contributed by atoms with Crippen molar-refractivity contribution in [2.75, 3.05) is 13.6 Å². The highest BCUT2D eigenvalue weighted by Gasteiger charge is 2.23. The van der Waals surface area contributed by atoms with Crippen molar-refractivity contribution in [2.45, 2.75) is 26.1 Å². The average Bonchev–Trinajstić information content (AvgIpc) is 2.62. The lowest BCUT2D eigenvalue weighted by molar-refractivity contribution is -0.148. The maximum absolute atomic E-state index is 12.5. The van der Waals surface area contributed by atoms with Gasteiger partial charge in [-0.15, -0.1) is 0 Å². The molecular weight excluding hydrogens is 316 g/mol. The highest BCUT2D eigenvalue weighted by molar-refractivity contribution is 5.84. The molecule has 2 rings (SSSR count). The summed E-state index contributed by atoms with van der Waals surface area (Å²) < 4.78 is 0. The molecule has 0 saturated heterocycles. The van der Waals surface area contributed by atoms with Crippen LogP contribution < -0.4 is 0 Å². The van der Waals surface area contributed by atoms with Gasteiger partial charge in [-0.1, -0.05) is 60.7 Å². The highest BCUT2D eigenvalue weighted by atomic mass is 16.4. The Labute approximate surface area is 148 Å². The second-order valence-electron chi connectivity index (χ2n) is 6.14. The number of nitrogens with zero attached hydrogens (tertiary/aromatic N) is 2. The molecular formula is C20H24N2O3. The maximum atomic E-state index is 12.5. The van der Waals surface area contributed by atoms with Crippen molar-refractivity contribution in [1.29, 1.82) is 0 Å². The predicted molar refractivity (Wildman–Crippen MR) is 96.9 cm³/mol. The van der Waals surface area contributed by atoms with Gasteiger partial charge in [0.25, 0.3) is 0 Å². The topological polar surface area (TPSA) is 60.9 Å². The van der Waals surface area contributed by atoms with Crippen molar-refractivity contribution in [3.05, 3.63) is 71.8 Å². The predicted octanol–water partition coefficient (Wildman–Crippen LogP) is 2.62. The molecule has 2 aromatic carbocycles. The number of carbonyl (C=O) groups excluding carboxylic acids is 1. The van der Waals surface area contributed by atoms with Crippen molar-refractivity contribution < 1.29 is 14.7 Å². The quantitative estimate of drug-likeness (QED) is 0.802. The number of carbonyl (C=O) groups is 2. The minimum atomic E-state index is -1.01. The van der Waals surface area contributed by atoms with Gasteiger partial charge in [0.05, 0.1) is 6.54 Å². The Morgan fingerprint density at radius 3 is 1.76 bits per heavy atom. The molecule has 0 saturated carbocycles. The number of likely N-dealkylation sites (N-methyl/N-ethyl adjacent to an activating group) is 1. The molecule has 0 radical (unpaired) electrons. The summed E-state index contributed by atoms with van der Waals surface area (Å²) in [7, 11) is 1.53. The average molecular weight is 340 g/mol. The van der Waals surface area contributed by atoms with Gasteiger partial charge < -0.3 is 10.0 Å². The molecule has 0 aliphatic rings. The summed E-state index contributed by atoms with van der Waals surface area (Å²) in [5.74, 6) is -1.21. The molecule has 0 fully saturated rings. The molecule has 1 unspecified atom stereocenters. The van der Waals surface area contributed by atoms with Gasteiger partial charge in [0.2, 0.25) is 5.91 Å². The van der Waals surface area contributed by atoms with Crippen LogP contribution in [0.25, 0.3) is 0 Å². The van der Waals surface area contributed by atoms with Crippen LogP contribution in [0, 0.1) is 0 Å². The smallest absolute Gasteiger partial charge is 0.326 e. The van der Waals surface area contributed by atoms with Crippen LogP contribution in [0.4, 0.5) is 0 Å². The molecule has 0 bridgehead atoms. The minimum absolute atomic E-state index is 0.165. The molecule has 5 nitrogen and oxygen atoms in total. The van der Waals surface area contributed by atoms with E-state index in [1.807, 2.05) is 65.6 Å². The first kappa shape index (κ1) is 18.7. The third-order valence-electron chi connectivity index (χ3n) is 4.19. The van der Waals surface area contributed by atoms with E-state index in [1.54, 1.807) is 0 Å². The van der Waals surface area contributed by atoms with Gasteiger partial charge in [-0.3, -0.25) is 9.69 Å². The molecule has 25 heavy (non-hydrogen) atoms. The number of rotatable bonds is 8. The van der Waals surface area contributed by atoms with Gasteiger partial charge in [-0.25, -0.2) is 4.79 Å². The minimum Gasteiger partial charge on any atom is -0.480 e. The van der Waals surface area contributed by atoms with Crippen LogP contribution in [0.5, 0.6) is 0 Å². The van der Waals surface area contributed by atoms with Gasteiger partial charge in [0.1, 0.15) is 6.04 Å². The molecule has 0 heterocycles. The summed E-state index contributed by atoms with van der Waals surface area (Å²) in [5, 5.41) is 9.10. The molecule has 0 aliphatic heterocycles. The summed E-state index contributed by atoms with van der Waals surface area (Å²) in [4.78, 5) is 26.9. The second kappa shape index (κ2) is 8.99. The number of benzene rings is 2. The molecule has 0 spiro atoms. The Kier molecular flexibility index (Phi) is 6.71. The normalized spacial score (nSPS) is 12.0. The molecule has 1 N–H and O–H groups in total. The first-order valence-electron chi connectivity index (χ1n) is 8.26. The zero-order valence-electron chi connectivity index (χ0n) is 14.6. The summed E-state index contributed by atoms with van der Waals surface area (Å²) >= 11 is 0. The first-order valence-corrected chi connectivity index (χ1v) is 8.26. The van der Waals surface area contributed by atoms with E-state index in [0.717, 1.165) is 11.1 Å². The number of carboxylic acids is 1. The second-order valence-corrected chi connectivity index (χ2v) is 6.14. The zero-order chi connectivity index (χ0) is 18.2. The fourth-order valence-electron chi connectivity index (χ4n) is 2.54. The molecule has 5 heteroatoms. The standard InChI is InChI=1S/C20H24N2O3/c1-16(20(24)25)21(2)19(23)15-22(13-17-9-5-3-6-10-17)14-18-11-7-4-8-12-18/h3-12,16H,13-15H2,1-2H3,(H,24,25). The van der Waals surface area contributed by atoms with Crippen LogP contribution in [0.2, 0.25) is 0 Å². The zero-order valence-corrected chi connectivity index (χ0v) is 14.6. The number of hydrogen-bond donors (Lipinski definition) is 1. The third kappa shape index (κ3) is 5.72. The SMILES string of the molecule is CC(C(=O)O)N(C)C(=O)CN(Cc1ccccc1)Cc1ccccc1. The van der Waals surface area contributed by atoms with Crippen molar-refractivity contribution in [2.24, 2.45) is 0 Å². The van der Waals surface area contributed by atoms with Crippen LogP contribution in [0.3, 0.4) is 0 Å². The lowest BCUT2D eigenvalue weighted by Gasteiger charge is -2.27. The van der Waals surface area contributed by atoms with Crippen molar-refractivity contribution in [3.63, 3.8) is 0 Å². The van der Waals surface area contributed by atoms with Crippen molar-refractivity contribution in [1.82, 2.24) is 9.80 Å². The number of aliphatic carboxylic acids is 1. The van der Waals surface area contributed by atoms with E-state index in [1.165, 1.54) is 18.9 Å². The number of carboxylic acid groups (broad SMARTS) is 1. The fraction of sp³-hybridized carbons (Fsp3) is 0.300. The molecule has 1 atom stereocenters. The van der Waals surface area contributed by atoms with Crippen LogP contribution in [0.15, 0.2) is 60.7 Å². The van der Waals surface area contributed by atoms with E-state index < -0.39 is 12.0 Å². The molecule has 1 amide bonds. The van der Waals surface area contributed by atoms with Gasteiger partial charge in [-0.2, -0.15) is 0 Å². The first-order chi connectivity index (χ1) is 12.0. The summed E-state index contributed by atoms with van der Waals surface area (Å²) in [6, 6.07) is 19.0. The van der Waals surface area contributed by atoms with E-state index in [4.69, 9.17) is 5.11 Å². The van der Waals surface area contributed by atoms with Gasteiger partial charge >= 0.3 is 5.97 Å². The third-order valence-corrected chi connectivity index (χ3v) is 4.19. The summed E-state index contributed by atoms with van der Waals surface area (Å²) in [6.45, 7) is 2.92. The van der Waals surface area contributed by atoms with E-state index in [9.17, 15) is 9.59 Å². The van der Waals surface area contributed by atoms with Crippen LogP contribution >= 0.6 is 0 Å². The Hall–Kier alpha value is -2.66. The van der Waals surface area contributed by atoms with Crippen molar-refractivity contribution in [3.8, 4) is 0 Å². The molecule has 0 aliphatic carbocycles. The van der Waals surface area contributed by atoms with Gasteiger partial charge in [0.15, 0.2) is 0 Å². The van der Waals surface area contributed by atoms with Gasteiger partial charge in [0, 0.05) is 20.1 Å². The van der Waals surface area contributed by atoms with Crippen LogP contribution in [-0.4, -0.2) is 46.4 Å². The Bertz CT molecular complexity index is 647. The summed E-state index contributed by atoms with van der Waals surface area (Å²) in [6.07, 6.45) is 0. The Balaban J connectivity index is 2.10. The van der Waals surface area contributed by atoms with Crippen LogP contribution in [0.1, 0.15) is 18.1 Å².